The van der Waals surface area contributed by atoms with E-state index in [0.29, 0.717) is 13.2 Å². The summed E-state index contributed by atoms with van der Waals surface area (Å²) in [5.41, 5.74) is 2.08. The molecule has 0 amide bonds. The summed E-state index contributed by atoms with van der Waals surface area (Å²) in [5, 5.41) is 0. The highest BCUT2D eigenvalue weighted by molar-refractivity contribution is 5.90. The van der Waals surface area contributed by atoms with Crippen molar-refractivity contribution in [2.24, 2.45) is 0 Å². The first kappa shape index (κ1) is 19.3. The second kappa shape index (κ2) is 9.45. The van der Waals surface area contributed by atoms with Crippen molar-refractivity contribution in [3.63, 3.8) is 0 Å². The van der Waals surface area contributed by atoms with Gasteiger partial charge in [-0.15, -0.1) is 0 Å². The molecule has 0 aromatic heterocycles. The third-order valence-electron chi connectivity index (χ3n) is 4.83. The Hall–Kier alpha value is -2.49. The van der Waals surface area contributed by atoms with Crippen LogP contribution >= 0.6 is 0 Å². The highest BCUT2D eigenvalue weighted by Gasteiger charge is 2.55. The molecule has 144 valence electrons. The van der Waals surface area contributed by atoms with Gasteiger partial charge in [0.1, 0.15) is 5.75 Å². The number of hydrogen-bond donors (Lipinski definition) is 0. The summed E-state index contributed by atoms with van der Waals surface area (Å²) in [7, 11) is 0. The summed E-state index contributed by atoms with van der Waals surface area (Å²) in [4.78, 5) is 14.8. The molecule has 0 spiro atoms. The summed E-state index contributed by atoms with van der Waals surface area (Å²) < 4.78 is 11.5. The predicted octanol–water partition coefficient (Wildman–Crippen LogP) is 5.14. The molecule has 1 fully saturated rings. The number of rotatable bonds is 10. The summed E-state index contributed by atoms with van der Waals surface area (Å²) in [6.45, 7) is 5.40. The maximum Gasteiger partial charge on any atom is 0.331 e. The highest BCUT2D eigenvalue weighted by atomic mass is 16.5. The van der Waals surface area contributed by atoms with Crippen molar-refractivity contribution in [1.29, 1.82) is 0 Å². The molecule has 0 N–H and O–H groups in total. The fourth-order valence-corrected chi connectivity index (χ4v) is 3.29. The first-order chi connectivity index (χ1) is 13.3. The van der Waals surface area contributed by atoms with Crippen molar-refractivity contribution in [3.8, 4) is 5.75 Å². The summed E-state index contributed by atoms with van der Waals surface area (Å²) in [6.07, 6.45) is 4.01. The van der Waals surface area contributed by atoms with Crippen molar-refractivity contribution in [2.75, 3.05) is 18.1 Å². The number of esters is 1. The Morgan fingerprint density at radius 3 is 2.33 bits per heavy atom. The van der Waals surface area contributed by atoms with Crippen LogP contribution in [0, 0.1) is 0 Å². The first-order valence-electron chi connectivity index (χ1n) is 9.99. The number of nitrogens with zero attached hydrogens (tertiary/aromatic N) is 1. The second-order valence-corrected chi connectivity index (χ2v) is 6.90. The molecule has 0 saturated carbocycles. The van der Waals surface area contributed by atoms with E-state index in [1.807, 2.05) is 42.5 Å². The minimum Gasteiger partial charge on any atom is -0.491 e. The van der Waals surface area contributed by atoms with E-state index >= 15 is 0 Å². The van der Waals surface area contributed by atoms with Gasteiger partial charge in [-0.1, -0.05) is 69.2 Å². The minimum absolute atomic E-state index is 0.00347. The molecule has 1 aliphatic heterocycles. The van der Waals surface area contributed by atoms with Crippen molar-refractivity contribution in [1.82, 2.24) is 0 Å². The van der Waals surface area contributed by atoms with Gasteiger partial charge in [0.2, 0.25) is 0 Å². The van der Waals surface area contributed by atoms with Crippen LogP contribution in [0.4, 0.5) is 5.69 Å². The lowest BCUT2D eigenvalue weighted by Crippen LogP contribution is -2.17. The second-order valence-electron chi connectivity index (χ2n) is 6.90. The Kier molecular flexibility index (Phi) is 6.74. The van der Waals surface area contributed by atoms with Crippen molar-refractivity contribution < 1.29 is 14.3 Å². The van der Waals surface area contributed by atoms with Crippen LogP contribution in [-0.2, 0) is 9.53 Å². The first-order valence-corrected chi connectivity index (χ1v) is 9.99. The van der Waals surface area contributed by atoms with Gasteiger partial charge in [0.15, 0.2) is 6.04 Å². The SMILES string of the molecule is CCCCOC(=O)[C@H]1[C@@H](c2ccccc2)N1c1ccccc1OCCCC. The van der Waals surface area contributed by atoms with Gasteiger partial charge in [0.05, 0.1) is 24.9 Å². The van der Waals surface area contributed by atoms with Crippen LogP contribution < -0.4 is 9.64 Å². The number of unbranched alkanes of at least 4 members (excludes halogenated alkanes) is 2. The smallest absolute Gasteiger partial charge is 0.331 e. The fraction of sp³-hybridized carbons (Fsp3) is 0.435. The number of benzene rings is 2. The van der Waals surface area contributed by atoms with Gasteiger partial charge in [0, 0.05) is 0 Å². The number of anilines is 1. The Balaban J connectivity index is 1.82. The average Bonchev–Trinajstić information content (AvgIpc) is 3.45. The molecule has 2 aromatic rings. The molecule has 27 heavy (non-hydrogen) atoms. The minimum atomic E-state index is -0.291. The van der Waals surface area contributed by atoms with E-state index in [1.165, 1.54) is 0 Å². The Bertz CT molecular complexity index is 731. The molecule has 1 heterocycles. The van der Waals surface area contributed by atoms with Crippen LogP contribution in [-0.4, -0.2) is 25.2 Å². The standard InChI is InChI=1S/C23H29NO3/c1-3-5-16-26-20-15-11-10-14-19(20)24-21(18-12-8-7-9-13-18)22(24)23(25)27-17-6-4-2/h7-15,21-22H,3-6,16-17H2,1-2H3/t21-,22-,24?/m1/s1. The van der Waals surface area contributed by atoms with E-state index in [4.69, 9.17) is 9.47 Å². The summed E-state index contributed by atoms with van der Waals surface area (Å²) >= 11 is 0. The molecule has 0 unspecified atom stereocenters. The van der Waals surface area contributed by atoms with Gasteiger partial charge in [-0.3, -0.25) is 0 Å². The molecule has 1 aliphatic rings. The molecule has 4 heteroatoms. The number of hydrogen-bond acceptors (Lipinski definition) is 4. The summed E-state index contributed by atoms with van der Waals surface area (Å²) in [6, 6.07) is 17.8. The van der Waals surface area contributed by atoms with Crippen molar-refractivity contribution >= 4 is 11.7 Å². The molecule has 2 atom stereocenters. The fourth-order valence-electron chi connectivity index (χ4n) is 3.29. The van der Waals surface area contributed by atoms with E-state index in [9.17, 15) is 4.79 Å². The number of carbonyl (C=O) groups is 1. The van der Waals surface area contributed by atoms with Crippen LogP contribution in [0.3, 0.4) is 0 Å². The molecule has 2 aromatic carbocycles. The lowest BCUT2D eigenvalue weighted by Gasteiger charge is -2.14. The van der Waals surface area contributed by atoms with E-state index < -0.39 is 0 Å². The van der Waals surface area contributed by atoms with E-state index in [1.54, 1.807) is 0 Å². The molecule has 4 nitrogen and oxygen atoms in total. The summed E-state index contributed by atoms with van der Waals surface area (Å²) in [5.74, 6) is 0.677. The van der Waals surface area contributed by atoms with Crippen LogP contribution in [0.15, 0.2) is 54.6 Å². The van der Waals surface area contributed by atoms with Gasteiger partial charge in [0.25, 0.3) is 0 Å². The van der Waals surface area contributed by atoms with Gasteiger partial charge >= 0.3 is 5.97 Å². The normalized spacial score (nSPS) is 18.2. The third-order valence-corrected chi connectivity index (χ3v) is 4.83. The maximum absolute atomic E-state index is 12.7. The van der Waals surface area contributed by atoms with Gasteiger partial charge in [-0.2, -0.15) is 0 Å². The van der Waals surface area contributed by atoms with E-state index in [-0.39, 0.29) is 18.1 Å². The van der Waals surface area contributed by atoms with Crippen molar-refractivity contribution in [2.45, 2.75) is 51.6 Å². The maximum atomic E-state index is 12.7. The molecule has 0 bridgehead atoms. The average molecular weight is 367 g/mol. The predicted molar refractivity (Wildman–Crippen MR) is 108 cm³/mol. The Morgan fingerprint density at radius 2 is 1.59 bits per heavy atom. The zero-order valence-corrected chi connectivity index (χ0v) is 16.3. The molecule has 3 rings (SSSR count). The quantitative estimate of drug-likeness (QED) is 0.331. The molecule has 0 aliphatic carbocycles. The molecule has 1 saturated heterocycles. The molecular weight excluding hydrogens is 338 g/mol. The van der Waals surface area contributed by atoms with Crippen LogP contribution in [0.2, 0.25) is 0 Å². The van der Waals surface area contributed by atoms with E-state index in [2.05, 4.69) is 30.9 Å². The highest BCUT2D eigenvalue weighted by Crippen LogP contribution is 2.50. The lowest BCUT2D eigenvalue weighted by molar-refractivity contribution is -0.143. The van der Waals surface area contributed by atoms with Crippen molar-refractivity contribution in [3.05, 3.63) is 60.2 Å². The topological polar surface area (TPSA) is 38.5 Å². The zero-order chi connectivity index (χ0) is 19.1. The largest absolute Gasteiger partial charge is 0.491 e. The number of para-hydroxylation sites is 2. The number of ether oxygens (including phenoxy) is 2. The van der Waals surface area contributed by atoms with Crippen LogP contribution in [0.5, 0.6) is 5.75 Å². The molecule has 0 radical (unpaired) electrons. The Labute approximate surface area is 162 Å². The zero-order valence-electron chi connectivity index (χ0n) is 16.3. The number of carbonyl (C=O) groups excluding carboxylic acids is 1. The van der Waals surface area contributed by atoms with Crippen LogP contribution in [0.1, 0.15) is 51.1 Å². The van der Waals surface area contributed by atoms with Crippen LogP contribution in [0.25, 0.3) is 0 Å². The molecular formula is C23H29NO3. The monoisotopic (exact) mass is 367 g/mol. The van der Waals surface area contributed by atoms with Gasteiger partial charge in [-0.25, -0.2) is 4.79 Å². The Morgan fingerprint density at radius 1 is 0.926 bits per heavy atom. The van der Waals surface area contributed by atoms with Gasteiger partial charge in [-0.05, 0) is 30.5 Å². The lowest BCUT2D eigenvalue weighted by atomic mass is 10.1. The van der Waals surface area contributed by atoms with Gasteiger partial charge < -0.3 is 14.4 Å². The van der Waals surface area contributed by atoms with E-state index in [0.717, 1.165) is 42.7 Å². The third kappa shape index (κ3) is 4.62.